The molecule has 3 fully saturated rings. The Hall–Kier alpha value is -0.670. The molecular weight excluding hydrogens is 250 g/mol. The summed E-state index contributed by atoms with van der Waals surface area (Å²) in [5, 5.41) is 0. The number of hydrogen-bond acceptors (Lipinski definition) is 3. The fourth-order valence-electron chi connectivity index (χ4n) is 4.91. The van der Waals surface area contributed by atoms with Gasteiger partial charge in [-0.15, -0.1) is 0 Å². The summed E-state index contributed by atoms with van der Waals surface area (Å²) in [6.07, 6.45) is 10.6. The van der Waals surface area contributed by atoms with Crippen molar-refractivity contribution in [3.63, 3.8) is 0 Å². The van der Waals surface area contributed by atoms with Gasteiger partial charge in [0.05, 0.1) is 13.2 Å². The molecule has 0 radical (unpaired) electrons. The predicted octanol–water partition coefficient (Wildman–Crippen LogP) is 2.27. The molecule has 5 atom stereocenters. The molecule has 0 aromatic heterocycles. The number of allylic oxidation sites excluding steroid dienone is 2. The van der Waals surface area contributed by atoms with E-state index in [0.717, 1.165) is 56.8 Å². The Morgan fingerprint density at radius 1 is 1.30 bits per heavy atom. The zero-order chi connectivity index (χ0) is 13.5. The van der Waals surface area contributed by atoms with Crippen LogP contribution in [-0.2, 0) is 9.53 Å². The van der Waals surface area contributed by atoms with E-state index in [1.807, 2.05) is 0 Å². The first-order valence-corrected chi connectivity index (χ1v) is 8.34. The molecule has 1 heterocycles. The van der Waals surface area contributed by atoms with Gasteiger partial charge >= 0.3 is 0 Å². The second-order valence-electron chi connectivity index (χ2n) is 7.14. The number of ether oxygens (including phenoxy) is 1. The van der Waals surface area contributed by atoms with Crippen LogP contribution in [0.2, 0.25) is 0 Å². The fourth-order valence-corrected chi connectivity index (χ4v) is 4.91. The molecule has 4 rings (SSSR count). The zero-order valence-corrected chi connectivity index (χ0v) is 12.2. The molecule has 0 amide bonds. The van der Waals surface area contributed by atoms with Crippen molar-refractivity contribution in [3.8, 4) is 0 Å². The van der Waals surface area contributed by atoms with E-state index in [-0.39, 0.29) is 5.92 Å². The molecule has 110 valence electrons. The number of morpholine rings is 1. The van der Waals surface area contributed by atoms with E-state index >= 15 is 0 Å². The second-order valence-corrected chi connectivity index (χ2v) is 7.14. The lowest BCUT2D eigenvalue weighted by Gasteiger charge is -2.40. The summed E-state index contributed by atoms with van der Waals surface area (Å²) in [4.78, 5) is 14.7. The number of carbonyl (C=O) groups is 1. The van der Waals surface area contributed by atoms with Crippen molar-refractivity contribution in [2.75, 3.05) is 26.3 Å². The quantitative estimate of drug-likeness (QED) is 0.740. The Morgan fingerprint density at radius 3 is 2.95 bits per heavy atom. The van der Waals surface area contributed by atoms with Gasteiger partial charge in [0.25, 0.3) is 0 Å². The van der Waals surface area contributed by atoms with Crippen LogP contribution in [0.3, 0.4) is 0 Å². The van der Waals surface area contributed by atoms with Gasteiger partial charge in [0.2, 0.25) is 0 Å². The normalized spacial score (nSPS) is 44.6. The van der Waals surface area contributed by atoms with Gasteiger partial charge < -0.3 is 4.74 Å². The van der Waals surface area contributed by atoms with Gasteiger partial charge in [-0.2, -0.15) is 0 Å². The molecule has 0 aromatic carbocycles. The first-order valence-electron chi connectivity index (χ1n) is 8.34. The van der Waals surface area contributed by atoms with E-state index in [9.17, 15) is 4.79 Å². The number of nitrogens with zero attached hydrogens (tertiary/aromatic N) is 1. The average Bonchev–Trinajstić information content (AvgIpc) is 3.16. The van der Waals surface area contributed by atoms with Gasteiger partial charge in [0.15, 0.2) is 0 Å². The van der Waals surface area contributed by atoms with E-state index in [1.54, 1.807) is 0 Å². The molecule has 1 aliphatic heterocycles. The first-order chi connectivity index (χ1) is 9.81. The topological polar surface area (TPSA) is 29.5 Å². The molecule has 3 aliphatic carbocycles. The highest BCUT2D eigenvalue weighted by molar-refractivity contribution is 5.83. The Morgan fingerprint density at radius 2 is 2.25 bits per heavy atom. The number of fused-ring (bicyclic) bond motifs is 2. The molecule has 3 heteroatoms. The molecule has 0 spiro atoms. The molecule has 0 aromatic rings. The maximum Gasteiger partial charge on any atom is 0.137 e. The highest BCUT2D eigenvalue weighted by atomic mass is 16.5. The van der Waals surface area contributed by atoms with Crippen molar-refractivity contribution < 1.29 is 9.53 Å². The highest BCUT2D eigenvalue weighted by Gasteiger charge is 2.41. The van der Waals surface area contributed by atoms with Gasteiger partial charge in [-0.1, -0.05) is 12.2 Å². The van der Waals surface area contributed by atoms with Crippen molar-refractivity contribution in [1.82, 2.24) is 4.90 Å². The maximum atomic E-state index is 12.1. The summed E-state index contributed by atoms with van der Waals surface area (Å²) in [6, 6.07) is 0.363. The summed E-state index contributed by atoms with van der Waals surface area (Å²) < 4.78 is 5.69. The third-order valence-electron chi connectivity index (χ3n) is 5.98. The Kier molecular flexibility index (Phi) is 3.43. The van der Waals surface area contributed by atoms with Crippen LogP contribution in [0.4, 0.5) is 0 Å². The number of hydrogen-bond donors (Lipinski definition) is 0. The van der Waals surface area contributed by atoms with Crippen molar-refractivity contribution >= 4 is 5.78 Å². The molecule has 1 saturated heterocycles. The SMILES string of the molecule is O=C1CCC[C@@H]1[C@H]1COCCN1C[C@H]1C[C@H]2C=C[C@H]1C2. The number of Topliss-reactive ketones (excluding diaryl/α,β-unsaturated/α-hetero) is 1. The minimum atomic E-state index is 0.254. The van der Waals surface area contributed by atoms with Gasteiger partial charge in [0.1, 0.15) is 5.78 Å². The Labute approximate surface area is 121 Å². The zero-order valence-electron chi connectivity index (χ0n) is 12.2. The van der Waals surface area contributed by atoms with Crippen molar-refractivity contribution in [2.24, 2.45) is 23.7 Å². The van der Waals surface area contributed by atoms with E-state index in [2.05, 4.69) is 17.1 Å². The third-order valence-corrected chi connectivity index (χ3v) is 5.98. The molecule has 3 nitrogen and oxygen atoms in total. The lowest BCUT2D eigenvalue weighted by atomic mass is 9.90. The van der Waals surface area contributed by atoms with Gasteiger partial charge in [-0.25, -0.2) is 0 Å². The molecule has 0 N–H and O–H groups in total. The molecule has 20 heavy (non-hydrogen) atoms. The van der Waals surface area contributed by atoms with Crippen LogP contribution in [0.15, 0.2) is 12.2 Å². The van der Waals surface area contributed by atoms with E-state index in [4.69, 9.17) is 4.74 Å². The minimum absolute atomic E-state index is 0.254. The van der Waals surface area contributed by atoms with Crippen molar-refractivity contribution in [1.29, 1.82) is 0 Å². The molecule has 2 bridgehead atoms. The summed E-state index contributed by atoms with van der Waals surface area (Å²) in [6.45, 7) is 3.82. The third kappa shape index (κ3) is 2.25. The fraction of sp³-hybridized carbons (Fsp3) is 0.824. The molecule has 2 saturated carbocycles. The van der Waals surface area contributed by atoms with Gasteiger partial charge in [-0.3, -0.25) is 9.69 Å². The first kappa shape index (κ1) is 13.0. The van der Waals surface area contributed by atoms with Crippen molar-refractivity contribution in [2.45, 2.75) is 38.1 Å². The largest absolute Gasteiger partial charge is 0.378 e. The number of carbonyl (C=O) groups excluding carboxylic acids is 1. The smallest absolute Gasteiger partial charge is 0.137 e. The van der Waals surface area contributed by atoms with E-state index < -0.39 is 0 Å². The number of rotatable bonds is 3. The molecule has 0 unspecified atom stereocenters. The van der Waals surface area contributed by atoms with Crippen LogP contribution in [0.5, 0.6) is 0 Å². The average molecular weight is 275 g/mol. The van der Waals surface area contributed by atoms with Crippen LogP contribution in [0.1, 0.15) is 32.1 Å². The second kappa shape index (κ2) is 5.27. The van der Waals surface area contributed by atoms with Crippen LogP contribution in [0.25, 0.3) is 0 Å². The Bertz CT molecular complexity index is 419. The molecule has 4 aliphatic rings. The van der Waals surface area contributed by atoms with E-state index in [0.29, 0.717) is 11.8 Å². The minimum Gasteiger partial charge on any atom is -0.378 e. The lowest BCUT2D eigenvalue weighted by Crippen LogP contribution is -2.52. The van der Waals surface area contributed by atoms with Crippen LogP contribution in [0, 0.1) is 23.7 Å². The van der Waals surface area contributed by atoms with Crippen molar-refractivity contribution in [3.05, 3.63) is 12.2 Å². The summed E-state index contributed by atoms with van der Waals surface area (Å²) in [5.74, 6) is 3.21. The lowest BCUT2D eigenvalue weighted by molar-refractivity contribution is -0.125. The summed E-state index contributed by atoms with van der Waals surface area (Å²) in [7, 11) is 0. The summed E-state index contributed by atoms with van der Waals surface area (Å²) >= 11 is 0. The maximum absolute atomic E-state index is 12.1. The predicted molar refractivity (Wildman–Crippen MR) is 77.4 cm³/mol. The van der Waals surface area contributed by atoms with Gasteiger partial charge in [0, 0.05) is 31.5 Å². The Balaban J connectivity index is 1.44. The standard InChI is InChI=1S/C17H25NO2/c19-17-3-1-2-15(17)16-11-20-7-6-18(16)10-14-9-12-4-5-13(14)8-12/h4-5,12-16H,1-3,6-11H2/t12-,13-,14+,15+,16+/m0/s1. The number of ketones is 1. The van der Waals surface area contributed by atoms with Crippen LogP contribution in [-0.4, -0.2) is 43.0 Å². The van der Waals surface area contributed by atoms with E-state index in [1.165, 1.54) is 19.4 Å². The monoisotopic (exact) mass is 275 g/mol. The highest BCUT2D eigenvalue weighted by Crippen LogP contribution is 2.44. The summed E-state index contributed by atoms with van der Waals surface area (Å²) in [5.41, 5.74) is 0. The molecular formula is C17H25NO2. The van der Waals surface area contributed by atoms with Crippen LogP contribution < -0.4 is 0 Å². The van der Waals surface area contributed by atoms with Crippen LogP contribution >= 0.6 is 0 Å². The van der Waals surface area contributed by atoms with Gasteiger partial charge in [-0.05, 0) is 43.4 Å².